The van der Waals surface area contributed by atoms with Gasteiger partial charge in [-0.3, -0.25) is 9.10 Å². The van der Waals surface area contributed by atoms with Crippen molar-refractivity contribution >= 4 is 38.1 Å². The monoisotopic (exact) mass is 366 g/mol. The van der Waals surface area contributed by atoms with Crippen molar-refractivity contribution < 1.29 is 13.2 Å². The normalized spacial score (nSPS) is 15.8. The first-order valence-corrected chi connectivity index (χ1v) is 9.78. The average Bonchev–Trinajstić information content (AvgIpc) is 2.85. The van der Waals surface area contributed by atoms with E-state index in [0.29, 0.717) is 16.8 Å². The predicted molar refractivity (Wildman–Crippen MR) is 103 cm³/mol. The molecule has 0 aromatic heterocycles. The summed E-state index contributed by atoms with van der Waals surface area (Å²) >= 11 is 0. The number of para-hydroxylation sites is 1. The fourth-order valence-corrected chi connectivity index (χ4v) is 5.26. The van der Waals surface area contributed by atoms with Crippen LogP contribution >= 0.6 is 0 Å². The summed E-state index contributed by atoms with van der Waals surface area (Å²) in [6.45, 7) is 3.50. The van der Waals surface area contributed by atoms with E-state index in [4.69, 9.17) is 0 Å². The number of nitrogens with zero attached hydrogens (tertiary/aromatic N) is 1. The highest BCUT2D eigenvalue weighted by atomic mass is 32.2. The van der Waals surface area contributed by atoms with E-state index >= 15 is 0 Å². The zero-order valence-electron chi connectivity index (χ0n) is 14.4. The quantitative estimate of drug-likeness (QED) is 0.769. The lowest BCUT2D eigenvalue weighted by atomic mass is 10.1. The highest BCUT2D eigenvalue weighted by Crippen LogP contribution is 2.43. The van der Waals surface area contributed by atoms with Gasteiger partial charge in [0.2, 0.25) is 5.91 Å². The molecular weight excluding hydrogens is 348 g/mol. The van der Waals surface area contributed by atoms with Crippen LogP contribution in [-0.4, -0.2) is 20.4 Å². The Morgan fingerprint density at radius 2 is 1.69 bits per heavy atom. The van der Waals surface area contributed by atoms with Crippen LogP contribution in [0.25, 0.3) is 10.8 Å². The predicted octanol–water partition coefficient (Wildman–Crippen LogP) is 3.68. The number of carbonyl (C=O) groups excluding carboxylic acids is 1. The Kier molecular flexibility index (Phi) is 3.73. The molecule has 0 spiro atoms. The zero-order chi connectivity index (χ0) is 18.5. The minimum absolute atomic E-state index is 0.251. The van der Waals surface area contributed by atoms with Crippen LogP contribution in [0.15, 0.2) is 65.6 Å². The number of hydrogen-bond acceptors (Lipinski definition) is 3. The van der Waals surface area contributed by atoms with Crippen LogP contribution in [-0.2, 0) is 14.8 Å². The van der Waals surface area contributed by atoms with Gasteiger partial charge in [-0.15, -0.1) is 0 Å². The summed E-state index contributed by atoms with van der Waals surface area (Å²) in [7, 11) is -3.77. The van der Waals surface area contributed by atoms with Crippen LogP contribution < -0.4 is 9.62 Å². The van der Waals surface area contributed by atoms with Crippen molar-refractivity contribution in [3.63, 3.8) is 0 Å². The highest BCUT2D eigenvalue weighted by molar-refractivity contribution is 7.93. The topological polar surface area (TPSA) is 66.5 Å². The molecule has 0 saturated carbocycles. The Bertz CT molecular complexity index is 1130. The molecule has 5 nitrogen and oxygen atoms in total. The summed E-state index contributed by atoms with van der Waals surface area (Å²) < 4.78 is 27.4. The third-order valence-electron chi connectivity index (χ3n) is 4.75. The number of rotatable bonds is 3. The standard InChI is InChI=1S/C20H18N2O3S/c1-13-7-3-4-10-16(13)21-20(23)14(2)22-17-11-5-8-15-9-6-12-18(19(15)17)26(22,24)25/h3-12,14H,1-2H3,(H,21,23). The maximum Gasteiger partial charge on any atom is 0.265 e. The van der Waals surface area contributed by atoms with E-state index in [1.54, 1.807) is 37.3 Å². The summed E-state index contributed by atoms with van der Waals surface area (Å²) in [6, 6.07) is 17.1. The molecule has 0 radical (unpaired) electrons. The third kappa shape index (κ3) is 2.37. The minimum atomic E-state index is -3.77. The lowest BCUT2D eigenvalue weighted by Crippen LogP contribution is -2.44. The van der Waals surface area contributed by atoms with Crippen molar-refractivity contribution in [3.05, 3.63) is 66.2 Å². The van der Waals surface area contributed by atoms with Crippen LogP contribution in [0.5, 0.6) is 0 Å². The second kappa shape index (κ2) is 5.85. The lowest BCUT2D eigenvalue weighted by Gasteiger charge is -2.25. The van der Waals surface area contributed by atoms with E-state index < -0.39 is 16.1 Å². The lowest BCUT2D eigenvalue weighted by molar-refractivity contribution is -0.116. The number of anilines is 2. The molecule has 1 N–H and O–H groups in total. The molecule has 1 aliphatic heterocycles. The van der Waals surface area contributed by atoms with Crippen molar-refractivity contribution in [1.82, 2.24) is 0 Å². The Morgan fingerprint density at radius 1 is 1.00 bits per heavy atom. The second-order valence-corrected chi connectivity index (χ2v) is 8.20. The molecule has 1 unspecified atom stereocenters. The van der Waals surface area contributed by atoms with Crippen molar-refractivity contribution in [2.24, 2.45) is 0 Å². The molecule has 26 heavy (non-hydrogen) atoms. The fraction of sp³-hybridized carbons (Fsp3) is 0.150. The largest absolute Gasteiger partial charge is 0.324 e. The summed E-state index contributed by atoms with van der Waals surface area (Å²) in [4.78, 5) is 13.0. The smallest absolute Gasteiger partial charge is 0.265 e. The summed E-state index contributed by atoms with van der Waals surface area (Å²) in [6.07, 6.45) is 0. The Balaban J connectivity index is 1.75. The number of carbonyl (C=O) groups is 1. The maximum absolute atomic E-state index is 13.1. The zero-order valence-corrected chi connectivity index (χ0v) is 15.2. The van der Waals surface area contributed by atoms with Crippen molar-refractivity contribution in [2.75, 3.05) is 9.62 Å². The molecule has 1 heterocycles. The Morgan fingerprint density at radius 3 is 2.42 bits per heavy atom. The van der Waals surface area contributed by atoms with E-state index in [0.717, 1.165) is 10.9 Å². The molecule has 0 bridgehead atoms. The summed E-state index contributed by atoms with van der Waals surface area (Å²) in [5.41, 5.74) is 2.14. The second-order valence-electron chi connectivity index (χ2n) is 6.41. The van der Waals surface area contributed by atoms with Gasteiger partial charge in [-0.1, -0.05) is 42.5 Å². The van der Waals surface area contributed by atoms with Gasteiger partial charge in [-0.05, 0) is 43.0 Å². The highest BCUT2D eigenvalue weighted by Gasteiger charge is 2.40. The molecule has 6 heteroatoms. The molecule has 1 amide bonds. The summed E-state index contributed by atoms with van der Waals surface area (Å²) in [5.74, 6) is -0.368. The maximum atomic E-state index is 13.1. The Hall–Kier alpha value is -2.86. The molecule has 1 atom stereocenters. The first-order valence-electron chi connectivity index (χ1n) is 8.34. The van der Waals surface area contributed by atoms with Crippen molar-refractivity contribution in [1.29, 1.82) is 0 Å². The molecule has 0 saturated heterocycles. The molecule has 0 aliphatic carbocycles. The number of amides is 1. The molecule has 4 rings (SSSR count). The van der Waals surface area contributed by atoms with E-state index in [-0.39, 0.29) is 10.8 Å². The average molecular weight is 366 g/mol. The van der Waals surface area contributed by atoms with Crippen LogP contribution in [0.2, 0.25) is 0 Å². The number of sulfonamides is 1. The molecular formula is C20H18N2O3S. The Labute approximate surface area is 152 Å². The van der Waals surface area contributed by atoms with E-state index in [1.807, 2.05) is 37.3 Å². The van der Waals surface area contributed by atoms with Gasteiger partial charge in [0.1, 0.15) is 6.04 Å². The van der Waals surface area contributed by atoms with E-state index in [2.05, 4.69) is 5.32 Å². The van der Waals surface area contributed by atoms with Crippen LogP contribution in [0.3, 0.4) is 0 Å². The molecule has 3 aromatic rings. The van der Waals surface area contributed by atoms with Gasteiger partial charge in [0.05, 0.1) is 10.6 Å². The number of hydrogen-bond donors (Lipinski definition) is 1. The SMILES string of the molecule is Cc1ccccc1NC(=O)C(C)N1c2cccc3cccc(c23)S1(=O)=O. The van der Waals surface area contributed by atoms with Gasteiger partial charge >= 0.3 is 0 Å². The van der Waals surface area contributed by atoms with Gasteiger partial charge < -0.3 is 5.32 Å². The van der Waals surface area contributed by atoms with Crippen LogP contribution in [0.1, 0.15) is 12.5 Å². The first kappa shape index (κ1) is 16.6. The van der Waals surface area contributed by atoms with Crippen LogP contribution in [0.4, 0.5) is 11.4 Å². The first-order chi connectivity index (χ1) is 12.4. The van der Waals surface area contributed by atoms with Gasteiger partial charge in [0, 0.05) is 11.1 Å². The van der Waals surface area contributed by atoms with Gasteiger partial charge in [0.15, 0.2) is 0 Å². The minimum Gasteiger partial charge on any atom is -0.324 e. The molecule has 132 valence electrons. The van der Waals surface area contributed by atoms with Gasteiger partial charge in [-0.2, -0.15) is 0 Å². The van der Waals surface area contributed by atoms with Gasteiger partial charge in [-0.25, -0.2) is 8.42 Å². The number of aryl methyl sites for hydroxylation is 1. The third-order valence-corrected chi connectivity index (χ3v) is 6.68. The number of benzene rings is 3. The molecule has 1 aliphatic rings. The van der Waals surface area contributed by atoms with E-state index in [1.165, 1.54) is 4.31 Å². The summed E-state index contributed by atoms with van der Waals surface area (Å²) in [5, 5.41) is 4.36. The molecule has 0 fully saturated rings. The fourth-order valence-electron chi connectivity index (χ4n) is 3.40. The molecule has 3 aromatic carbocycles. The number of nitrogens with one attached hydrogen (secondary N) is 1. The van der Waals surface area contributed by atoms with Gasteiger partial charge in [0.25, 0.3) is 10.0 Å². The van der Waals surface area contributed by atoms with Crippen molar-refractivity contribution in [3.8, 4) is 0 Å². The van der Waals surface area contributed by atoms with Crippen molar-refractivity contribution in [2.45, 2.75) is 24.8 Å². The van der Waals surface area contributed by atoms with Crippen LogP contribution in [0, 0.1) is 6.92 Å². The van der Waals surface area contributed by atoms with E-state index in [9.17, 15) is 13.2 Å².